The molecule has 1 fully saturated rings. The molecule has 1 unspecified atom stereocenters. The van der Waals surface area contributed by atoms with Crippen molar-refractivity contribution in [2.45, 2.75) is 51.0 Å². The smallest absolute Gasteiger partial charge is 0.243 e. The number of methoxy groups -OCH3 is 1. The van der Waals surface area contributed by atoms with Gasteiger partial charge < -0.3 is 10.1 Å². The van der Waals surface area contributed by atoms with Crippen molar-refractivity contribution >= 4 is 15.9 Å². The highest BCUT2D eigenvalue weighted by atomic mass is 32.2. The van der Waals surface area contributed by atoms with Crippen LogP contribution in [0.3, 0.4) is 0 Å². The minimum Gasteiger partial charge on any atom is -0.497 e. The number of ether oxygens (including phenoxy) is 1. The molecular weight excluding hydrogens is 352 g/mol. The molecule has 1 atom stereocenters. The number of carbonyl (C=O) groups excluding carboxylic acids is 1. The van der Waals surface area contributed by atoms with Crippen molar-refractivity contribution in [3.63, 3.8) is 0 Å². The average Bonchev–Trinajstić information content (AvgIpc) is 2.65. The Bertz CT molecular complexity index is 693. The number of piperidine rings is 1. The third-order valence-corrected chi connectivity index (χ3v) is 7.01. The zero-order valence-corrected chi connectivity index (χ0v) is 16.9. The van der Waals surface area contributed by atoms with Gasteiger partial charge in [-0.3, -0.25) is 4.79 Å². The lowest BCUT2D eigenvalue weighted by Gasteiger charge is -2.32. The Morgan fingerprint density at radius 2 is 1.81 bits per heavy atom. The van der Waals surface area contributed by atoms with Gasteiger partial charge in [-0.05, 0) is 49.4 Å². The van der Waals surface area contributed by atoms with Crippen LogP contribution in [0.1, 0.15) is 40.0 Å². The van der Waals surface area contributed by atoms with Gasteiger partial charge in [0.25, 0.3) is 0 Å². The molecule has 0 aliphatic carbocycles. The molecule has 1 saturated heterocycles. The largest absolute Gasteiger partial charge is 0.497 e. The van der Waals surface area contributed by atoms with E-state index in [1.54, 1.807) is 31.4 Å². The van der Waals surface area contributed by atoms with Crippen LogP contribution in [0.4, 0.5) is 0 Å². The average molecular weight is 383 g/mol. The standard InChI is InChI=1S/C19H30N2O4S/c1-5-18(14(2)3)20-19(22)15-10-12-21(13-11-15)26(23,24)17-8-6-16(25-4)7-9-17/h6-9,14-15,18H,5,10-13H2,1-4H3,(H,20,22). The first-order chi connectivity index (χ1) is 12.3. The topological polar surface area (TPSA) is 75.7 Å². The van der Waals surface area contributed by atoms with Gasteiger partial charge in [0.05, 0.1) is 12.0 Å². The number of nitrogens with one attached hydrogen (secondary N) is 1. The van der Waals surface area contributed by atoms with Crippen LogP contribution < -0.4 is 10.1 Å². The molecule has 2 rings (SSSR count). The molecule has 0 aromatic heterocycles. The molecule has 1 N–H and O–H groups in total. The molecule has 1 heterocycles. The molecule has 7 heteroatoms. The fourth-order valence-corrected chi connectivity index (χ4v) is 4.77. The van der Waals surface area contributed by atoms with E-state index in [1.165, 1.54) is 4.31 Å². The predicted molar refractivity (Wildman–Crippen MR) is 102 cm³/mol. The fourth-order valence-electron chi connectivity index (χ4n) is 3.30. The van der Waals surface area contributed by atoms with Crippen molar-refractivity contribution in [2.75, 3.05) is 20.2 Å². The molecule has 146 valence electrons. The van der Waals surface area contributed by atoms with Crippen LogP contribution >= 0.6 is 0 Å². The third-order valence-electron chi connectivity index (χ3n) is 5.09. The summed E-state index contributed by atoms with van der Waals surface area (Å²) in [6.45, 7) is 6.99. The molecule has 0 bridgehead atoms. The summed E-state index contributed by atoms with van der Waals surface area (Å²) in [6.07, 6.45) is 2.00. The normalized spacial score (nSPS) is 17.9. The predicted octanol–water partition coefficient (Wildman–Crippen LogP) is 2.65. The number of amides is 1. The second kappa shape index (κ2) is 8.86. The van der Waals surface area contributed by atoms with Gasteiger partial charge in [0.15, 0.2) is 0 Å². The van der Waals surface area contributed by atoms with Crippen molar-refractivity contribution in [1.82, 2.24) is 9.62 Å². The van der Waals surface area contributed by atoms with Crippen molar-refractivity contribution in [3.8, 4) is 5.75 Å². The van der Waals surface area contributed by atoms with Crippen LogP contribution in [0.25, 0.3) is 0 Å². The van der Waals surface area contributed by atoms with Crippen molar-refractivity contribution in [2.24, 2.45) is 11.8 Å². The number of hydrogen-bond acceptors (Lipinski definition) is 4. The van der Waals surface area contributed by atoms with Crippen molar-refractivity contribution < 1.29 is 17.9 Å². The summed E-state index contributed by atoms with van der Waals surface area (Å²) < 4.78 is 32.1. The molecular formula is C19H30N2O4S. The summed E-state index contributed by atoms with van der Waals surface area (Å²) in [5, 5.41) is 3.11. The molecule has 0 radical (unpaired) electrons. The fraction of sp³-hybridized carbons (Fsp3) is 0.632. The van der Waals surface area contributed by atoms with Gasteiger partial charge in [0.1, 0.15) is 5.75 Å². The van der Waals surface area contributed by atoms with Gasteiger partial charge in [-0.25, -0.2) is 8.42 Å². The van der Waals surface area contributed by atoms with E-state index in [2.05, 4.69) is 26.1 Å². The van der Waals surface area contributed by atoms with E-state index in [-0.39, 0.29) is 22.8 Å². The maximum absolute atomic E-state index is 12.8. The lowest BCUT2D eigenvalue weighted by molar-refractivity contribution is -0.127. The third kappa shape index (κ3) is 4.76. The zero-order chi connectivity index (χ0) is 19.3. The van der Waals surface area contributed by atoms with E-state index >= 15 is 0 Å². The van der Waals surface area contributed by atoms with Crippen molar-refractivity contribution in [3.05, 3.63) is 24.3 Å². The Morgan fingerprint density at radius 3 is 2.27 bits per heavy atom. The Labute approximate surface area is 157 Å². The summed E-state index contributed by atoms with van der Waals surface area (Å²) in [4.78, 5) is 12.7. The van der Waals surface area contributed by atoms with Crippen LogP contribution in [0, 0.1) is 11.8 Å². The Balaban J connectivity index is 1.97. The number of sulfonamides is 1. The van der Waals surface area contributed by atoms with Crippen LogP contribution in [0.5, 0.6) is 5.75 Å². The molecule has 26 heavy (non-hydrogen) atoms. The summed E-state index contributed by atoms with van der Waals surface area (Å²) in [5.41, 5.74) is 0. The zero-order valence-electron chi connectivity index (χ0n) is 16.1. The maximum Gasteiger partial charge on any atom is 0.243 e. The minimum atomic E-state index is -3.53. The summed E-state index contributed by atoms with van der Waals surface area (Å²) >= 11 is 0. The number of nitrogens with zero attached hydrogens (tertiary/aromatic N) is 1. The van der Waals surface area contributed by atoms with Crippen molar-refractivity contribution in [1.29, 1.82) is 0 Å². The highest BCUT2D eigenvalue weighted by molar-refractivity contribution is 7.89. The SMILES string of the molecule is CCC(NC(=O)C1CCN(S(=O)(=O)c2ccc(OC)cc2)CC1)C(C)C. The monoisotopic (exact) mass is 382 g/mol. The molecule has 0 spiro atoms. The summed E-state index contributed by atoms with van der Waals surface area (Å²) in [7, 11) is -1.99. The second-order valence-electron chi connectivity index (χ2n) is 7.12. The van der Waals surface area contributed by atoms with Crippen LogP contribution in [0.2, 0.25) is 0 Å². The molecule has 1 aliphatic heterocycles. The van der Waals surface area contributed by atoms with E-state index < -0.39 is 10.0 Å². The van der Waals surface area contributed by atoms with Crippen LogP contribution in [0.15, 0.2) is 29.2 Å². The first kappa shape index (κ1) is 20.7. The van der Waals surface area contributed by atoms with E-state index in [0.29, 0.717) is 37.6 Å². The van der Waals surface area contributed by atoms with Gasteiger partial charge in [0.2, 0.25) is 15.9 Å². The molecule has 6 nitrogen and oxygen atoms in total. The Hall–Kier alpha value is -1.60. The molecule has 1 aromatic rings. The van der Waals surface area contributed by atoms with E-state index in [1.807, 2.05) is 0 Å². The first-order valence-electron chi connectivity index (χ1n) is 9.24. The van der Waals surface area contributed by atoms with Crippen LogP contribution in [-0.4, -0.2) is 44.9 Å². The summed E-state index contributed by atoms with van der Waals surface area (Å²) in [6, 6.07) is 6.57. The van der Waals surface area contributed by atoms with Crippen LogP contribution in [-0.2, 0) is 14.8 Å². The molecule has 1 aliphatic rings. The number of carbonyl (C=O) groups is 1. The summed E-state index contributed by atoms with van der Waals surface area (Å²) in [5.74, 6) is 0.937. The number of benzene rings is 1. The van der Waals surface area contributed by atoms with E-state index in [0.717, 1.165) is 6.42 Å². The maximum atomic E-state index is 12.8. The van der Waals surface area contributed by atoms with Gasteiger partial charge in [-0.15, -0.1) is 0 Å². The number of rotatable bonds is 7. The first-order valence-corrected chi connectivity index (χ1v) is 10.7. The Morgan fingerprint density at radius 1 is 1.23 bits per heavy atom. The molecule has 0 saturated carbocycles. The minimum absolute atomic E-state index is 0.0482. The van der Waals surface area contributed by atoms with E-state index in [9.17, 15) is 13.2 Å². The van der Waals surface area contributed by atoms with Gasteiger partial charge in [-0.1, -0.05) is 20.8 Å². The lowest BCUT2D eigenvalue weighted by atomic mass is 9.95. The molecule has 1 aromatic carbocycles. The van der Waals surface area contributed by atoms with Gasteiger partial charge in [-0.2, -0.15) is 4.31 Å². The highest BCUT2D eigenvalue weighted by Gasteiger charge is 2.32. The highest BCUT2D eigenvalue weighted by Crippen LogP contribution is 2.25. The quantitative estimate of drug-likeness (QED) is 0.787. The second-order valence-corrected chi connectivity index (χ2v) is 9.06. The van der Waals surface area contributed by atoms with Gasteiger partial charge in [0, 0.05) is 25.0 Å². The number of hydrogen-bond donors (Lipinski definition) is 1. The van der Waals surface area contributed by atoms with Gasteiger partial charge >= 0.3 is 0 Å². The molecule has 1 amide bonds. The lowest BCUT2D eigenvalue weighted by Crippen LogP contribution is -2.46. The Kier molecular flexibility index (Phi) is 7.06. The van der Waals surface area contributed by atoms with E-state index in [4.69, 9.17) is 4.74 Å².